The van der Waals surface area contributed by atoms with Crippen molar-refractivity contribution in [2.24, 2.45) is 5.73 Å². The lowest BCUT2D eigenvalue weighted by molar-refractivity contribution is 0.151. The molecule has 1 saturated heterocycles. The van der Waals surface area contributed by atoms with Crippen LogP contribution in [0.5, 0.6) is 0 Å². The van der Waals surface area contributed by atoms with Crippen LogP contribution in [0, 0.1) is 11.3 Å². The maximum absolute atomic E-state index is 8.43. The van der Waals surface area contributed by atoms with Crippen LogP contribution in [0.15, 0.2) is 0 Å². The SMILES string of the molecule is CC1CC(N)CCN1CCC#N. The Labute approximate surface area is 74.1 Å². The van der Waals surface area contributed by atoms with E-state index in [9.17, 15) is 0 Å². The molecule has 3 heteroatoms. The molecule has 1 aliphatic heterocycles. The van der Waals surface area contributed by atoms with Crippen molar-refractivity contribution in [3.63, 3.8) is 0 Å². The molecule has 2 N–H and O–H groups in total. The number of piperidine rings is 1. The van der Waals surface area contributed by atoms with Crippen LogP contribution in [0.2, 0.25) is 0 Å². The molecule has 0 spiro atoms. The van der Waals surface area contributed by atoms with Crippen LogP contribution in [0.4, 0.5) is 0 Å². The molecule has 1 aliphatic rings. The highest BCUT2D eigenvalue weighted by atomic mass is 15.2. The lowest BCUT2D eigenvalue weighted by Crippen LogP contribution is -2.45. The summed E-state index contributed by atoms with van der Waals surface area (Å²) in [7, 11) is 0. The largest absolute Gasteiger partial charge is 0.328 e. The summed E-state index contributed by atoms with van der Waals surface area (Å²) < 4.78 is 0. The molecule has 0 aromatic rings. The molecular formula is C9H17N3. The van der Waals surface area contributed by atoms with E-state index >= 15 is 0 Å². The van der Waals surface area contributed by atoms with Crippen molar-refractivity contribution < 1.29 is 0 Å². The van der Waals surface area contributed by atoms with E-state index in [1.54, 1.807) is 0 Å². The van der Waals surface area contributed by atoms with Gasteiger partial charge < -0.3 is 5.73 Å². The van der Waals surface area contributed by atoms with Gasteiger partial charge in [0.15, 0.2) is 0 Å². The fraction of sp³-hybridized carbons (Fsp3) is 0.889. The van der Waals surface area contributed by atoms with Crippen LogP contribution in [0.1, 0.15) is 26.2 Å². The summed E-state index contributed by atoms with van der Waals surface area (Å²) in [6.07, 6.45) is 2.79. The van der Waals surface area contributed by atoms with E-state index in [0.29, 0.717) is 18.5 Å². The van der Waals surface area contributed by atoms with Gasteiger partial charge in [-0.25, -0.2) is 0 Å². The van der Waals surface area contributed by atoms with Crippen molar-refractivity contribution in [3.8, 4) is 6.07 Å². The third-order valence-corrected chi connectivity index (χ3v) is 2.57. The Morgan fingerprint density at radius 2 is 2.42 bits per heavy atom. The molecule has 1 rings (SSSR count). The molecule has 2 atom stereocenters. The highest BCUT2D eigenvalue weighted by Crippen LogP contribution is 2.15. The molecule has 68 valence electrons. The average molecular weight is 167 g/mol. The second-order valence-corrected chi connectivity index (χ2v) is 3.58. The first-order valence-corrected chi connectivity index (χ1v) is 4.60. The van der Waals surface area contributed by atoms with Gasteiger partial charge in [0, 0.05) is 25.0 Å². The van der Waals surface area contributed by atoms with E-state index in [1.807, 2.05) is 0 Å². The predicted octanol–water partition coefficient (Wildman–Crippen LogP) is 0.712. The number of rotatable bonds is 2. The number of nitrogens with zero attached hydrogens (tertiary/aromatic N) is 2. The van der Waals surface area contributed by atoms with Crippen LogP contribution in [0.3, 0.4) is 0 Å². The van der Waals surface area contributed by atoms with E-state index in [2.05, 4.69) is 17.9 Å². The molecule has 0 aromatic heterocycles. The average Bonchev–Trinajstić information content (AvgIpc) is 2.03. The van der Waals surface area contributed by atoms with Gasteiger partial charge in [-0.3, -0.25) is 4.90 Å². The van der Waals surface area contributed by atoms with Gasteiger partial charge in [0.1, 0.15) is 0 Å². The van der Waals surface area contributed by atoms with Crippen molar-refractivity contribution in [1.29, 1.82) is 5.26 Å². The molecule has 0 bridgehead atoms. The molecule has 0 amide bonds. The van der Waals surface area contributed by atoms with E-state index in [-0.39, 0.29) is 0 Å². The van der Waals surface area contributed by atoms with E-state index in [0.717, 1.165) is 25.9 Å². The Morgan fingerprint density at radius 3 is 3.00 bits per heavy atom. The zero-order valence-corrected chi connectivity index (χ0v) is 7.66. The first-order valence-electron chi connectivity index (χ1n) is 4.60. The predicted molar refractivity (Wildman–Crippen MR) is 48.5 cm³/mol. The fourth-order valence-electron chi connectivity index (χ4n) is 1.78. The summed E-state index contributed by atoms with van der Waals surface area (Å²) >= 11 is 0. The van der Waals surface area contributed by atoms with Crippen LogP contribution in [-0.4, -0.2) is 30.1 Å². The standard InChI is InChI=1S/C9H17N3/c1-8-7-9(11)3-6-12(8)5-2-4-10/h8-9H,2-3,5-7,11H2,1H3. The number of nitrogens with two attached hydrogens (primary N) is 1. The van der Waals surface area contributed by atoms with E-state index in [1.165, 1.54) is 0 Å². The highest BCUT2D eigenvalue weighted by molar-refractivity contribution is 4.82. The van der Waals surface area contributed by atoms with Gasteiger partial charge in [0.2, 0.25) is 0 Å². The molecule has 1 fully saturated rings. The number of hydrogen-bond donors (Lipinski definition) is 1. The summed E-state index contributed by atoms with van der Waals surface area (Å²) in [5.41, 5.74) is 5.82. The van der Waals surface area contributed by atoms with Gasteiger partial charge in [-0.15, -0.1) is 0 Å². The van der Waals surface area contributed by atoms with Crippen LogP contribution in [0.25, 0.3) is 0 Å². The number of nitriles is 1. The molecular weight excluding hydrogens is 150 g/mol. The first kappa shape index (κ1) is 9.50. The van der Waals surface area contributed by atoms with Gasteiger partial charge in [0.25, 0.3) is 0 Å². The molecule has 0 saturated carbocycles. The van der Waals surface area contributed by atoms with Crippen molar-refractivity contribution in [1.82, 2.24) is 4.90 Å². The summed E-state index contributed by atoms with van der Waals surface area (Å²) in [6.45, 7) is 4.16. The van der Waals surface area contributed by atoms with Crippen LogP contribution in [-0.2, 0) is 0 Å². The Hall–Kier alpha value is -0.590. The molecule has 12 heavy (non-hydrogen) atoms. The quantitative estimate of drug-likeness (QED) is 0.659. The van der Waals surface area contributed by atoms with Gasteiger partial charge in [0.05, 0.1) is 6.07 Å². The van der Waals surface area contributed by atoms with Crippen molar-refractivity contribution in [2.75, 3.05) is 13.1 Å². The smallest absolute Gasteiger partial charge is 0.0635 e. The Balaban J connectivity index is 2.30. The third kappa shape index (κ3) is 2.47. The molecule has 3 nitrogen and oxygen atoms in total. The third-order valence-electron chi connectivity index (χ3n) is 2.57. The number of hydrogen-bond acceptors (Lipinski definition) is 3. The van der Waals surface area contributed by atoms with Gasteiger partial charge in [-0.05, 0) is 26.3 Å². The summed E-state index contributed by atoms with van der Waals surface area (Å²) in [6, 6.07) is 3.10. The molecule has 0 aliphatic carbocycles. The van der Waals surface area contributed by atoms with Gasteiger partial charge in [-0.1, -0.05) is 0 Å². The molecule has 1 heterocycles. The summed E-state index contributed by atoms with van der Waals surface area (Å²) in [5.74, 6) is 0. The minimum Gasteiger partial charge on any atom is -0.328 e. The number of likely N-dealkylation sites (tertiary alicyclic amines) is 1. The lowest BCUT2D eigenvalue weighted by atomic mass is 9.99. The topological polar surface area (TPSA) is 53.0 Å². The maximum Gasteiger partial charge on any atom is 0.0635 e. The second-order valence-electron chi connectivity index (χ2n) is 3.58. The van der Waals surface area contributed by atoms with Crippen LogP contribution < -0.4 is 5.73 Å². The Kier molecular flexibility index (Phi) is 3.51. The van der Waals surface area contributed by atoms with Crippen molar-refractivity contribution in [2.45, 2.75) is 38.3 Å². The minimum atomic E-state index is 0.373. The Morgan fingerprint density at radius 1 is 1.67 bits per heavy atom. The normalized spacial score (nSPS) is 31.4. The first-order chi connectivity index (χ1) is 5.74. The zero-order valence-electron chi connectivity index (χ0n) is 7.66. The monoisotopic (exact) mass is 167 g/mol. The fourth-order valence-corrected chi connectivity index (χ4v) is 1.78. The molecule has 2 unspecified atom stereocenters. The highest BCUT2D eigenvalue weighted by Gasteiger charge is 2.22. The summed E-state index contributed by atoms with van der Waals surface area (Å²) in [4.78, 5) is 2.35. The maximum atomic E-state index is 8.43. The summed E-state index contributed by atoms with van der Waals surface area (Å²) in [5, 5.41) is 8.43. The van der Waals surface area contributed by atoms with E-state index in [4.69, 9.17) is 11.0 Å². The second kappa shape index (κ2) is 4.44. The molecule has 0 radical (unpaired) electrons. The van der Waals surface area contributed by atoms with E-state index < -0.39 is 0 Å². The molecule has 0 aromatic carbocycles. The minimum absolute atomic E-state index is 0.373. The van der Waals surface area contributed by atoms with Gasteiger partial charge in [-0.2, -0.15) is 5.26 Å². The van der Waals surface area contributed by atoms with Crippen molar-refractivity contribution >= 4 is 0 Å². The van der Waals surface area contributed by atoms with Crippen LogP contribution >= 0.6 is 0 Å². The zero-order chi connectivity index (χ0) is 8.97. The Bertz CT molecular complexity index is 173. The lowest BCUT2D eigenvalue weighted by Gasteiger charge is -2.35. The van der Waals surface area contributed by atoms with Gasteiger partial charge >= 0.3 is 0 Å². The van der Waals surface area contributed by atoms with Crippen molar-refractivity contribution in [3.05, 3.63) is 0 Å².